The highest BCUT2D eigenvalue weighted by Gasteiger charge is 2.12. The molecule has 0 saturated carbocycles. The van der Waals surface area contributed by atoms with Crippen molar-refractivity contribution in [1.82, 2.24) is 15.5 Å². The molecule has 0 aliphatic rings. The molecule has 1 aromatic carbocycles. The largest absolute Gasteiger partial charge is 0.389 e. The van der Waals surface area contributed by atoms with E-state index < -0.39 is 6.10 Å². The van der Waals surface area contributed by atoms with Crippen molar-refractivity contribution in [3.8, 4) is 0 Å². The van der Waals surface area contributed by atoms with Crippen LogP contribution in [0.3, 0.4) is 0 Å². The Balaban J connectivity index is 0.00000784. The average molecular weight is 521 g/mol. The fraction of sp³-hybridized carbons (Fsp3) is 0.682. The Labute approximate surface area is 194 Å². The van der Waals surface area contributed by atoms with Gasteiger partial charge in [0.05, 0.1) is 25.9 Å². The summed E-state index contributed by atoms with van der Waals surface area (Å²) >= 11 is 0. The lowest BCUT2D eigenvalue weighted by molar-refractivity contribution is 0.0331. The SMILES string of the molecule is CCNC(=NCC(O)COCc1ccccc1)NCCCN(C(C)C)C(C)C.I. The Bertz CT molecular complexity index is 533. The van der Waals surface area contributed by atoms with Crippen LogP contribution in [0.2, 0.25) is 0 Å². The van der Waals surface area contributed by atoms with Gasteiger partial charge in [0.2, 0.25) is 0 Å². The average Bonchev–Trinajstić information content (AvgIpc) is 2.66. The van der Waals surface area contributed by atoms with Crippen molar-refractivity contribution in [2.75, 3.05) is 32.8 Å². The van der Waals surface area contributed by atoms with Gasteiger partial charge in [-0.2, -0.15) is 0 Å². The van der Waals surface area contributed by atoms with Crippen molar-refractivity contribution < 1.29 is 9.84 Å². The molecule has 0 radical (unpaired) electrons. The number of rotatable bonds is 13. The van der Waals surface area contributed by atoms with Gasteiger partial charge in [-0.15, -0.1) is 24.0 Å². The minimum Gasteiger partial charge on any atom is -0.389 e. The van der Waals surface area contributed by atoms with E-state index in [1.807, 2.05) is 37.3 Å². The molecule has 0 heterocycles. The van der Waals surface area contributed by atoms with E-state index in [0.29, 0.717) is 25.2 Å². The highest BCUT2D eigenvalue weighted by atomic mass is 127. The molecule has 6 nitrogen and oxygen atoms in total. The summed E-state index contributed by atoms with van der Waals surface area (Å²) in [5, 5.41) is 16.7. The van der Waals surface area contributed by atoms with E-state index in [-0.39, 0.29) is 30.6 Å². The van der Waals surface area contributed by atoms with Crippen LogP contribution < -0.4 is 10.6 Å². The van der Waals surface area contributed by atoms with Gasteiger partial charge in [-0.1, -0.05) is 30.3 Å². The molecule has 29 heavy (non-hydrogen) atoms. The predicted octanol–water partition coefficient (Wildman–Crippen LogP) is 3.25. The third-order valence-corrected chi connectivity index (χ3v) is 4.44. The smallest absolute Gasteiger partial charge is 0.191 e. The number of ether oxygens (including phenoxy) is 1. The molecule has 7 heteroatoms. The lowest BCUT2D eigenvalue weighted by Gasteiger charge is -2.30. The lowest BCUT2D eigenvalue weighted by atomic mass is 10.2. The number of aliphatic hydroxyl groups is 1. The standard InChI is InChI=1S/C22H40N4O2.HI/c1-6-23-22(24-13-10-14-26(18(2)3)19(4)5)25-15-21(27)17-28-16-20-11-8-7-9-12-20;/h7-9,11-12,18-19,21,27H,6,10,13-17H2,1-5H3,(H2,23,24,25);1H. The molecule has 0 amide bonds. The molecule has 3 N–H and O–H groups in total. The van der Waals surface area contributed by atoms with Gasteiger partial charge in [-0.3, -0.25) is 9.89 Å². The number of hydrogen-bond acceptors (Lipinski definition) is 4. The molecule has 0 aliphatic heterocycles. The third-order valence-electron chi connectivity index (χ3n) is 4.44. The maximum Gasteiger partial charge on any atom is 0.191 e. The Hall–Kier alpha value is -0.900. The van der Waals surface area contributed by atoms with E-state index >= 15 is 0 Å². The van der Waals surface area contributed by atoms with Gasteiger partial charge < -0.3 is 20.5 Å². The summed E-state index contributed by atoms with van der Waals surface area (Å²) in [7, 11) is 0. The molecule has 0 aromatic heterocycles. The summed E-state index contributed by atoms with van der Waals surface area (Å²) < 4.78 is 5.58. The van der Waals surface area contributed by atoms with Crippen molar-refractivity contribution in [3.63, 3.8) is 0 Å². The molecular weight excluding hydrogens is 479 g/mol. The first-order valence-corrected chi connectivity index (χ1v) is 10.5. The van der Waals surface area contributed by atoms with E-state index in [0.717, 1.165) is 37.6 Å². The molecule has 0 fully saturated rings. The maximum absolute atomic E-state index is 10.1. The van der Waals surface area contributed by atoms with Crippen LogP contribution in [-0.2, 0) is 11.3 Å². The molecule has 0 saturated heterocycles. The molecule has 0 bridgehead atoms. The van der Waals surface area contributed by atoms with Crippen molar-refractivity contribution in [3.05, 3.63) is 35.9 Å². The molecular formula is C22H41IN4O2. The normalized spacial score (nSPS) is 12.9. The number of nitrogens with zero attached hydrogens (tertiary/aromatic N) is 2. The first-order valence-electron chi connectivity index (χ1n) is 10.5. The number of benzene rings is 1. The molecule has 1 unspecified atom stereocenters. The van der Waals surface area contributed by atoms with Crippen molar-refractivity contribution in [1.29, 1.82) is 0 Å². The van der Waals surface area contributed by atoms with E-state index in [1.165, 1.54) is 0 Å². The fourth-order valence-corrected chi connectivity index (χ4v) is 3.06. The van der Waals surface area contributed by atoms with Gasteiger partial charge in [-0.05, 0) is 46.6 Å². The highest BCUT2D eigenvalue weighted by molar-refractivity contribution is 14.0. The molecule has 168 valence electrons. The maximum atomic E-state index is 10.1. The quantitative estimate of drug-likeness (QED) is 0.161. The third kappa shape index (κ3) is 13.1. The Kier molecular flexibility index (Phi) is 16.3. The zero-order chi connectivity index (χ0) is 20.8. The number of hydrogen-bond donors (Lipinski definition) is 3. The second kappa shape index (κ2) is 16.8. The molecule has 1 rings (SSSR count). The molecule has 0 aliphatic carbocycles. The lowest BCUT2D eigenvalue weighted by Crippen LogP contribution is -2.41. The number of halogens is 1. The first kappa shape index (κ1) is 28.1. The summed E-state index contributed by atoms with van der Waals surface area (Å²) in [6.07, 6.45) is 0.431. The Morgan fingerprint density at radius 1 is 1.10 bits per heavy atom. The van der Waals surface area contributed by atoms with E-state index in [4.69, 9.17) is 4.74 Å². The van der Waals surface area contributed by atoms with Crippen LogP contribution in [0.1, 0.15) is 46.6 Å². The monoisotopic (exact) mass is 520 g/mol. The van der Waals surface area contributed by atoms with Gasteiger partial charge in [0.25, 0.3) is 0 Å². The van der Waals surface area contributed by atoms with Crippen LogP contribution in [-0.4, -0.2) is 66.9 Å². The van der Waals surface area contributed by atoms with Crippen LogP contribution in [0.15, 0.2) is 35.3 Å². The number of aliphatic hydroxyl groups excluding tert-OH is 1. The summed E-state index contributed by atoms with van der Waals surface area (Å²) in [6.45, 7) is 14.8. The summed E-state index contributed by atoms with van der Waals surface area (Å²) in [4.78, 5) is 6.96. The molecule has 1 aromatic rings. The topological polar surface area (TPSA) is 69.1 Å². The zero-order valence-corrected chi connectivity index (χ0v) is 21.1. The second-order valence-corrected chi connectivity index (χ2v) is 7.58. The predicted molar refractivity (Wildman–Crippen MR) is 133 cm³/mol. The Morgan fingerprint density at radius 3 is 2.34 bits per heavy atom. The minimum absolute atomic E-state index is 0. The Morgan fingerprint density at radius 2 is 1.76 bits per heavy atom. The van der Waals surface area contributed by atoms with E-state index in [9.17, 15) is 5.11 Å². The first-order chi connectivity index (χ1) is 13.4. The van der Waals surface area contributed by atoms with Gasteiger partial charge in [-0.25, -0.2) is 0 Å². The van der Waals surface area contributed by atoms with Crippen molar-refractivity contribution in [2.45, 2.75) is 65.8 Å². The molecule has 1 atom stereocenters. The fourth-order valence-electron chi connectivity index (χ4n) is 3.06. The van der Waals surface area contributed by atoms with Gasteiger partial charge in [0.15, 0.2) is 5.96 Å². The van der Waals surface area contributed by atoms with E-state index in [2.05, 4.69) is 48.2 Å². The van der Waals surface area contributed by atoms with Crippen LogP contribution >= 0.6 is 24.0 Å². The summed E-state index contributed by atoms with van der Waals surface area (Å²) in [6, 6.07) is 11.1. The summed E-state index contributed by atoms with van der Waals surface area (Å²) in [5.41, 5.74) is 1.10. The van der Waals surface area contributed by atoms with Crippen molar-refractivity contribution >= 4 is 29.9 Å². The van der Waals surface area contributed by atoms with Crippen molar-refractivity contribution in [2.24, 2.45) is 4.99 Å². The number of guanidine groups is 1. The van der Waals surface area contributed by atoms with Crippen LogP contribution in [0, 0.1) is 0 Å². The van der Waals surface area contributed by atoms with Gasteiger partial charge in [0.1, 0.15) is 0 Å². The van der Waals surface area contributed by atoms with Crippen LogP contribution in [0.25, 0.3) is 0 Å². The van der Waals surface area contributed by atoms with Gasteiger partial charge in [0, 0.05) is 31.7 Å². The highest BCUT2D eigenvalue weighted by Crippen LogP contribution is 2.05. The molecule has 0 spiro atoms. The number of aliphatic imine (C=N–C) groups is 1. The number of nitrogens with one attached hydrogen (secondary N) is 2. The van der Waals surface area contributed by atoms with Crippen LogP contribution in [0.4, 0.5) is 0 Å². The second-order valence-electron chi connectivity index (χ2n) is 7.58. The summed E-state index contributed by atoms with van der Waals surface area (Å²) in [5.74, 6) is 0.741. The zero-order valence-electron chi connectivity index (χ0n) is 18.7. The van der Waals surface area contributed by atoms with E-state index in [1.54, 1.807) is 0 Å². The van der Waals surface area contributed by atoms with Crippen LogP contribution in [0.5, 0.6) is 0 Å². The van der Waals surface area contributed by atoms with Gasteiger partial charge >= 0.3 is 0 Å². The minimum atomic E-state index is -0.614.